The maximum absolute atomic E-state index is 12.5. The van der Waals surface area contributed by atoms with E-state index in [0.717, 1.165) is 6.42 Å². The van der Waals surface area contributed by atoms with E-state index in [1.807, 2.05) is 6.92 Å². The summed E-state index contributed by atoms with van der Waals surface area (Å²) in [6.45, 7) is 3.53. The monoisotopic (exact) mass is 340 g/mol. The van der Waals surface area contributed by atoms with Crippen molar-refractivity contribution < 1.29 is 17.9 Å². The predicted molar refractivity (Wildman–Crippen MR) is 89.2 cm³/mol. The van der Waals surface area contributed by atoms with Gasteiger partial charge in [0.05, 0.1) is 12.9 Å². The number of sulfonamides is 1. The van der Waals surface area contributed by atoms with Gasteiger partial charge in [0, 0.05) is 31.7 Å². The molecule has 1 aliphatic rings. The van der Waals surface area contributed by atoms with Gasteiger partial charge in [-0.15, -0.1) is 0 Å². The third-order valence-corrected chi connectivity index (χ3v) is 5.95. The molecule has 0 N–H and O–H groups in total. The standard InChI is InChI=1S/C16H24N2O4S/c1-3-4-12-23(20,21)18-10-8-17(9-11-18)16(19)14-6-5-7-15(13-14)22-2/h5-7,13H,3-4,8-12H2,1-2H3. The number of nitrogens with zero attached hydrogens (tertiary/aromatic N) is 2. The van der Waals surface area contributed by atoms with Gasteiger partial charge in [-0.3, -0.25) is 4.79 Å². The maximum atomic E-state index is 12.5. The summed E-state index contributed by atoms with van der Waals surface area (Å²) >= 11 is 0. The summed E-state index contributed by atoms with van der Waals surface area (Å²) in [5, 5.41) is 0. The van der Waals surface area contributed by atoms with Crippen LogP contribution in [0.1, 0.15) is 30.1 Å². The van der Waals surface area contributed by atoms with E-state index in [4.69, 9.17) is 4.74 Å². The van der Waals surface area contributed by atoms with Crippen molar-refractivity contribution in [2.24, 2.45) is 0 Å². The molecule has 0 spiro atoms. The van der Waals surface area contributed by atoms with Gasteiger partial charge in [0.2, 0.25) is 10.0 Å². The Morgan fingerprint density at radius 3 is 2.52 bits per heavy atom. The quantitative estimate of drug-likeness (QED) is 0.789. The largest absolute Gasteiger partial charge is 0.497 e. The highest BCUT2D eigenvalue weighted by Gasteiger charge is 2.28. The second kappa shape index (κ2) is 7.79. The van der Waals surface area contributed by atoms with Gasteiger partial charge in [-0.1, -0.05) is 19.4 Å². The average Bonchev–Trinajstić information content (AvgIpc) is 2.59. The summed E-state index contributed by atoms with van der Waals surface area (Å²) in [4.78, 5) is 14.2. The Morgan fingerprint density at radius 1 is 1.22 bits per heavy atom. The summed E-state index contributed by atoms with van der Waals surface area (Å²) < 4.78 is 31.0. The Morgan fingerprint density at radius 2 is 1.91 bits per heavy atom. The topological polar surface area (TPSA) is 66.9 Å². The van der Waals surface area contributed by atoms with Gasteiger partial charge in [-0.2, -0.15) is 4.31 Å². The van der Waals surface area contributed by atoms with Crippen LogP contribution in [0.4, 0.5) is 0 Å². The number of carbonyl (C=O) groups excluding carboxylic acids is 1. The zero-order valence-electron chi connectivity index (χ0n) is 13.7. The summed E-state index contributed by atoms with van der Waals surface area (Å²) in [6.07, 6.45) is 1.53. The molecule has 1 fully saturated rings. The Bertz CT molecular complexity index is 637. The number of benzene rings is 1. The molecule has 1 amide bonds. The molecule has 128 valence electrons. The van der Waals surface area contributed by atoms with Crippen molar-refractivity contribution in [3.8, 4) is 5.75 Å². The van der Waals surface area contributed by atoms with Gasteiger partial charge in [-0.25, -0.2) is 8.42 Å². The number of hydrogen-bond donors (Lipinski definition) is 0. The van der Waals surface area contributed by atoms with Crippen LogP contribution in [0.3, 0.4) is 0 Å². The molecule has 1 saturated heterocycles. The Balaban J connectivity index is 1.97. The molecule has 0 atom stereocenters. The lowest BCUT2D eigenvalue weighted by atomic mass is 10.1. The van der Waals surface area contributed by atoms with Crippen LogP contribution >= 0.6 is 0 Å². The third-order valence-electron chi connectivity index (χ3n) is 3.99. The highest BCUT2D eigenvalue weighted by molar-refractivity contribution is 7.89. The molecule has 0 saturated carbocycles. The molecular weight excluding hydrogens is 316 g/mol. The number of rotatable bonds is 6. The van der Waals surface area contributed by atoms with E-state index in [9.17, 15) is 13.2 Å². The lowest BCUT2D eigenvalue weighted by Gasteiger charge is -2.34. The van der Waals surface area contributed by atoms with Crippen LogP contribution in [0, 0.1) is 0 Å². The Hall–Kier alpha value is -1.60. The SMILES string of the molecule is CCCCS(=O)(=O)N1CCN(C(=O)c2cccc(OC)c2)CC1. The maximum Gasteiger partial charge on any atom is 0.254 e. The minimum absolute atomic E-state index is 0.0884. The van der Waals surface area contributed by atoms with Crippen LogP contribution in [-0.4, -0.2) is 62.6 Å². The molecule has 1 heterocycles. The third kappa shape index (κ3) is 4.45. The van der Waals surface area contributed by atoms with Crippen molar-refractivity contribution in [3.63, 3.8) is 0 Å². The minimum Gasteiger partial charge on any atom is -0.497 e. The molecule has 23 heavy (non-hydrogen) atoms. The van der Waals surface area contributed by atoms with E-state index in [0.29, 0.717) is 43.9 Å². The molecule has 6 nitrogen and oxygen atoms in total. The van der Waals surface area contributed by atoms with Crippen molar-refractivity contribution in [1.82, 2.24) is 9.21 Å². The van der Waals surface area contributed by atoms with Crippen molar-refractivity contribution >= 4 is 15.9 Å². The lowest BCUT2D eigenvalue weighted by molar-refractivity contribution is 0.0697. The van der Waals surface area contributed by atoms with Crippen molar-refractivity contribution in [3.05, 3.63) is 29.8 Å². The molecule has 1 aromatic carbocycles. The molecule has 2 rings (SSSR count). The molecule has 1 aromatic rings. The van der Waals surface area contributed by atoms with E-state index in [1.165, 1.54) is 4.31 Å². The average molecular weight is 340 g/mol. The summed E-state index contributed by atoms with van der Waals surface area (Å²) in [6, 6.07) is 7.01. The number of methoxy groups -OCH3 is 1. The first-order valence-electron chi connectivity index (χ1n) is 7.89. The highest BCUT2D eigenvalue weighted by Crippen LogP contribution is 2.16. The fraction of sp³-hybridized carbons (Fsp3) is 0.562. The summed E-state index contributed by atoms with van der Waals surface area (Å²) in [5.74, 6) is 0.735. The predicted octanol–water partition coefficient (Wildman–Crippen LogP) is 1.58. The lowest BCUT2D eigenvalue weighted by Crippen LogP contribution is -2.51. The van der Waals surface area contributed by atoms with Crippen molar-refractivity contribution in [1.29, 1.82) is 0 Å². The molecule has 0 aromatic heterocycles. The fourth-order valence-electron chi connectivity index (χ4n) is 2.56. The number of amides is 1. The van der Waals surface area contributed by atoms with Crippen LogP contribution in [0.5, 0.6) is 5.75 Å². The van der Waals surface area contributed by atoms with Gasteiger partial charge in [0.1, 0.15) is 5.75 Å². The van der Waals surface area contributed by atoms with Gasteiger partial charge in [-0.05, 0) is 24.6 Å². The smallest absolute Gasteiger partial charge is 0.254 e. The molecule has 0 unspecified atom stereocenters. The molecule has 0 aliphatic carbocycles. The van der Waals surface area contributed by atoms with E-state index < -0.39 is 10.0 Å². The molecule has 1 aliphatic heterocycles. The number of carbonyl (C=O) groups is 1. The zero-order valence-corrected chi connectivity index (χ0v) is 14.5. The molecule has 0 bridgehead atoms. The van der Waals surface area contributed by atoms with Crippen LogP contribution in [0.15, 0.2) is 24.3 Å². The second-order valence-electron chi connectivity index (χ2n) is 5.59. The van der Waals surface area contributed by atoms with Gasteiger partial charge in [0.15, 0.2) is 0 Å². The number of unbranched alkanes of at least 4 members (excludes halogenated alkanes) is 1. The number of ether oxygens (including phenoxy) is 1. The van der Waals surface area contributed by atoms with Gasteiger partial charge >= 0.3 is 0 Å². The molecular formula is C16H24N2O4S. The van der Waals surface area contributed by atoms with Crippen LogP contribution in [0.25, 0.3) is 0 Å². The normalized spacial score (nSPS) is 16.3. The van der Waals surface area contributed by atoms with E-state index in [1.54, 1.807) is 36.3 Å². The first-order chi connectivity index (χ1) is 11.0. The van der Waals surface area contributed by atoms with Crippen LogP contribution in [0.2, 0.25) is 0 Å². The first kappa shape index (κ1) is 17.7. The highest BCUT2D eigenvalue weighted by atomic mass is 32.2. The summed E-state index contributed by atoms with van der Waals surface area (Å²) in [5.41, 5.74) is 0.562. The van der Waals surface area contributed by atoms with E-state index >= 15 is 0 Å². The van der Waals surface area contributed by atoms with Crippen molar-refractivity contribution in [2.75, 3.05) is 39.0 Å². The zero-order chi connectivity index (χ0) is 16.9. The van der Waals surface area contributed by atoms with Gasteiger partial charge in [0.25, 0.3) is 5.91 Å². The Labute approximate surface area is 138 Å². The van der Waals surface area contributed by atoms with Gasteiger partial charge < -0.3 is 9.64 Å². The minimum atomic E-state index is -3.19. The van der Waals surface area contributed by atoms with E-state index in [-0.39, 0.29) is 11.7 Å². The number of piperazine rings is 1. The Kier molecular flexibility index (Phi) is 6.01. The van der Waals surface area contributed by atoms with Crippen LogP contribution < -0.4 is 4.74 Å². The fourth-order valence-corrected chi connectivity index (χ4v) is 4.20. The number of hydrogen-bond acceptors (Lipinski definition) is 4. The molecule has 0 radical (unpaired) electrons. The summed E-state index contributed by atoms with van der Waals surface area (Å²) in [7, 11) is -1.64. The first-order valence-corrected chi connectivity index (χ1v) is 9.50. The second-order valence-corrected chi connectivity index (χ2v) is 7.68. The van der Waals surface area contributed by atoms with E-state index in [2.05, 4.69) is 0 Å². The molecule has 7 heteroatoms. The van der Waals surface area contributed by atoms with Crippen LogP contribution in [-0.2, 0) is 10.0 Å². The van der Waals surface area contributed by atoms with Crippen molar-refractivity contribution in [2.45, 2.75) is 19.8 Å².